The summed E-state index contributed by atoms with van der Waals surface area (Å²) in [6.45, 7) is 3.53. The summed E-state index contributed by atoms with van der Waals surface area (Å²) in [7, 11) is 0. The highest BCUT2D eigenvalue weighted by Crippen LogP contribution is 2.45. The summed E-state index contributed by atoms with van der Waals surface area (Å²) in [6.07, 6.45) is 4.94. The molecular formula is C15H16N2O2. The Hall–Kier alpha value is -2.07. The maximum atomic E-state index is 12.1. The van der Waals surface area contributed by atoms with Crippen LogP contribution < -0.4 is 0 Å². The summed E-state index contributed by atoms with van der Waals surface area (Å²) in [5.41, 5.74) is 1.26. The molecule has 0 bridgehead atoms. The van der Waals surface area contributed by atoms with Crippen molar-refractivity contribution < 1.29 is 9.53 Å². The molecular weight excluding hydrogens is 240 g/mol. The van der Waals surface area contributed by atoms with E-state index in [0.717, 1.165) is 31.3 Å². The van der Waals surface area contributed by atoms with Gasteiger partial charge in [-0.05, 0) is 50.7 Å². The predicted octanol–water partition coefficient (Wildman–Crippen LogP) is 2.93. The molecule has 0 amide bonds. The lowest BCUT2D eigenvalue weighted by Crippen LogP contribution is -2.33. The van der Waals surface area contributed by atoms with Crippen LogP contribution in [-0.4, -0.2) is 11.6 Å². The summed E-state index contributed by atoms with van der Waals surface area (Å²) < 4.78 is 5.61. The van der Waals surface area contributed by atoms with Crippen molar-refractivity contribution in [2.24, 2.45) is 0 Å². The molecule has 1 aliphatic carbocycles. The van der Waals surface area contributed by atoms with Gasteiger partial charge >= 0.3 is 5.97 Å². The second-order valence-electron chi connectivity index (χ2n) is 5.17. The van der Waals surface area contributed by atoms with Crippen molar-refractivity contribution in [3.63, 3.8) is 0 Å². The number of hydrogen-bond donors (Lipinski definition) is 0. The summed E-state index contributed by atoms with van der Waals surface area (Å²) in [5, 5.41) is 17.9. The molecule has 1 fully saturated rings. The average Bonchev–Trinajstić information content (AvgIpc) is 2.63. The van der Waals surface area contributed by atoms with Crippen molar-refractivity contribution in [1.29, 1.82) is 10.5 Å². The number of esters is 1. The van der Waals surface area contributed by atoms with E-state index in [2.05, 4.69) is 0 Å². The Morgan fingerprint density at radius 3 is 2.32 bits per heavy atom. The van der Waals surface area contributed by atoms with Crippen LogP contribution in [0.1, 0.15) is 46.0 Å². The van der Waals surface area contributed by atoms with Gasteiger partial charge in [-0.25, -0.2) is 4.79 Å². The number of nitriles is 2. The zero-order valence-corrected chi connectivity index (χ0v) is 11.2. The average molecular weight is 256 g/mol. The third-order valence-electron chi connectivity index (χ3n) is 4.19. The van der Waals surface area contributed by atoms with Crippen molar-refractivity contribution in [2.75, 3.05) is 0 Å². The highest BCUT2D eigenvalue weighted by atomic mass is 16.6. The Morgan fingerprint density at radius 1 is 1.21 bits per heavy atom. The lowest BCUT2D eigenvalue weighted by Gasteiger charge is -2.33. The smallest absolute Gasteiger partial charge is 0.339 e. The van der Waals surface area contributed by atoms with Crippen LogP contribution >= 0.6 is 0 Å². The fourth-order valence-corrected chi connectivity index (χ4v) is 3.04. The van der Waals surface area contributed by atoms with Gasteiger partial charge in [0.05, 0.1) is 5.57 Å². The largest absolute Gasteiger partial charge is 0.451 e. The highest BCUT2D eigenvalue weighted by Gasteiger charge is 2.46. The second kappa shape index (κ2) is 4.90. The Morgan fingerprint density at radius 2 is 1.79 bits per heavy atom. The number of rotatable bonds is 1. The molecule has 1 aliphatic heterocycles. The third kappa shape index (κ3) is 2.04. The number of nitrogens with zero attached hydrogens (tertiary/aromatic N) is 2. The molecule has 19 heavy (non-hydrogen) atoms. The zero-order chi connectivity index (χ0) is 14.0. The SMILES string of the molecule is CC(=C(C#N)C#N)C1=C(C)C2(CCCCC2)OC1=O. The van der Waals surface area contributed by atoms with Crippen molar-refractivity contribution in [1.82, 2.24) is 0 Å². The highest BCUT2D eigenvalue weighted by molar-refractivity contribution is 5.98. The minimum absolute atomic E-state index is 0.0147. The molecule has 4 nitrogen and oxygen atoms in total. The van der Waals surface area contributed by atoms with Gasteiger partial charge in [0, 0.05) is 0 Å². The van der Waals surface area contributed by atoms with Crippen LogP contribution in [0.4, 0.5) is 0 Å². The predicted molar refractivity (Wildman–Crippen MR) is 68.5 cm³/mol. The van der Waals surface area contributed by atoms with Gasteiger partial charge in [0.1, 0.15) is 23.3 Å². The van der Waals surface area contributed by atoms with E-state index in [1.54, 1.807) is 6.92 Å². The minimum Gasteiger partial charge on any atom is -0.451 e. The van der Waals surface area contributed by atoms with Gasteiger partial charge in [0.15, 0.2) is 0 Å². The molecule has 1 saturated carbocycles. The van der Waals surface area contributed by atoms with Gasteiger partial charge in [-0.1, -0.05) is 6.42 Å². The van der Waals surface area contributed by atoms with E-state index < -0.39 is 5.60 Å². The number of carbonyl (C=O) groups excluding carboxylic acids is 1. The maximum Gasteiger partial charge on any atom is 0.339 e. The molecule has 2 aliphatic rings. The van der Waals surface area contributed by atoms with Crippen LogP contribution in [-0.2, 0) is 9.53 Å². The monoisotopic (exact) mass is 256 g/mol. The van der Waals surface area contributed by atoms with E-state index >= 15 is 0 Å². The Bertz CT molecular complexity index is 548. The van der Waals surface area contributed by atoms with Crippen molar-refractivity contribution in [2.45, 2.75) is 51.6 Å². The van der Waals surface area contributed by atoms with Gasteiger partial charge in [-0.2, -0.15) is 10.5 Å². The van der Waals surface area contributed by atoms with Gasteiger partial charge in [0.25, 0.3) is 0 Å². The lowest BCUT2D eigenvalue weighted by molar-refractivity contribution is -0.148. The van der Waals surface area contributed by atoms with Crippen LogP contribution in [0.3, 0.4) is 0 Å². The topological polar surface area (TPSA) is 73.9 Å². The Kier molecular flexibility index (Phi) is 3.44. The Balaban J connectivity index is 2.51. The zero-order valence-electron chi connectivity index (χ0n) is 11.2. The first-order valence-electron chi connectivity index (χ1n) is 6.52. The molecule has 0 radical (unpaired) electrons. The summed E-state index contributed by atoms with van der Waals surface area (Å²) in [6, 6.07) is 3.67. The first-order valence-corrected chi connectivity index (χ1v) is 6.52. The van der Waals surface area contributed by atoms with Crippen LogP contribution in [0, 0.1) is 22.7 Å². The molecule has 4 heteroatoms. The molecule has 0 saturated heterocycles. The van der Waals surface area contributed by atoms with Gasteiger partial charge in [-0.3, -0.25) is 0 Å². The normalized spacial score (nSPS) is 20.7. The molecule has 0 aromatic carbocycles. The number of ether oxygens (including phenoxy) is 1. The molecule has 0 aromatic rings. The molecule has 0 aromatic heterocycles. The molecule has 2 rings (SSSR count). The van der Waals surface area contributed by atoms with Gasteiger partial charge in [-0.15, -0.1) is 0 Å². The molecule has 0 unspecified atom stereocenters. The van der Waals surface area contributed by atoms with Crippen LogP contribution in [0.25, 0.3) is 0 Å². The fraction of sp³-hybridized carbons (Fsp3) is 0.533. The molecule has 0 N–H and O–H groups in total. The van der Waals surface area contributed by atoms with Crippen molar-refractivity contribution in [3.8, 4) is 12.1 Å². The van der Waals surface area contributed by atoms with Gasteiger partial charge < -0.3 is 4.74 Å². The van der Waals surface area contributed by atoms with E-state index in [0.29, 0.717) is 11.1 Å². The number of allylic oxidation sites excluding steroid dienone is 1. The minimum atomic E-state index is -0.484. The van der Waals surface area contributed by atoms with Gasteiger partial charge in [0.2, 0.25) is 0 Å². The summed E-state index contributed by atoms with van der Waals surface area (Å²) in [5.74, 6) is -0.389. The first-order chi connectivity index (χ1) is 9.05. The van der Waals surface area contributed by atoms with Crippen molar-refractivity contribution >= 4 is 5.97 Å². The number of hydrogen-bond acceptors (Lipinski definition) is 4. The van der Waals surface area contributed by atoms with E-state index in [-0.39, 0.29) is 11.5 Å². The summed E-state index contributed by atoms with van der Waals surface area (Å²) >= 11 is 0. The quantitative estimate of drug-likeness (QED) is 0.534. The van der Waals surface area contributed by atoms with E-state index in [9.17, 15) is 4.79 Å². The van der Waals surface area contributed by atoms with Crippen LogP contribution in [0.15, 0.2) is 22.3 Å². The second-order valence-corrected chi connectivity index (χ2v) is 5.17. The van der Waals surface area contributed by atoms with E-state index in [4.69, 9.17) is 15.3 Å². The first kappa shape index (κ1) is 13.4. The molecule has 1 spiro atoms. The van der Waals surface area contributed by atoms with Crippen LogP contribution in [0.2, 0.25) is 0 Å². The standard InChI is InChI=1S/C15H16N2O2/c1-10(12(8-16)9-17)13-11(2)15(19-14(13)18)6-4-3-5-7-15/h3-7H2,1-2H3. The lowest BCUT2D eigenvalue weighted by atomic mass is 9.78. The fourth-order valence-electron chi connectivity index (χ4n) is 3.04. The number of carbonyl (C=O) groups is 1. The molecule has 98 valence electrons. The third-order valence-corrected chi connectivity index (χ3v) is 4.19. The Labute approximate surface area is 113 Å². The van der Waals surface area contributed by atoms with Crippen molar-refractivity contribution in [3.05, 3.63) is 22.3 Å². The van der Waals surface area contributed by atoms with E-state index in [1.807, 2.05) is 19.1 Å². The molecule has 0 atom stereocenters. The van der Waals surface area contributed by atoms with Crippen LogP contribution in [0.5, 0.6) is 0 Å². The maximum absolute atomic E-state index is 12.1. The molecule has 1 heterocycles. The summed E-state index contributed by atoms with van der Waals surface area (Å²) in [4.78, 5) is 12.1. The van der Waals surface area contributed by atoms with E-state index in [1.165, 1.54) is 6.42 Å².